The van der Waals surface area contributed by atoms with Gasteiger partial charge < -0.3 is 10.2 Å². The lowest BCUT2D eigenvalue weighted by atomic mass is 10.1. The van der Waals surface area contributed by atoms with Gasteiger partial charge in [-0.15, -0.1) is 0 Å². The number of para-hydroxylation sites is 1. The smallest absolute Gasteiger partial charge is 0.264 e. The Balaban J connectivity index is 2.04. The first kappa shape index (κ1) is 31.2. The van der Waals surface area contributed by atoms with Gasteiger partial charge in [0.2, 0.25) is 11.8 Å². The molecule has 0 aliphatic carbocycles. The van der Waals surface area contributed by atoms with Crippen molar-refractivity contribution in [3.63, 3.8) is 0 Å². The molecule has 1 N–H and O–H groups in total. The maximum atomic E-state index is 14.1. The zero-order valence-corrected chi connectivity index (χ0v) is 25.1. The van der Waals surface area contributed by atoms with Gasteiger partial charge in [-0.3, -0.25) is 13.9 Å². The summed E-state index contributed by atoms with van der Waals surface area (Å²) in [7, 11) is -4.14. The number of nitrogens with one attached hydrogen (secondary N) is 1. The van der Waals surface area contributed by atoms with E-state index in [1.165, 1.54) is 29.2 Å². The van der Waals surface area contributed by atoms with Gasteiger partial charge >= 0.3 is 0 Å². The van der Waals surface area contributed by atoms with E-state index >= 15 is 0 Å². The highest BCUT2D eigenvalue weighted by atomic mass is 35.5. The van der Waals surface area contributed by atoms with E-state index in [1.807, 2.05) is 51.1 Å². The average Bonchev–Trinajstić information content (AvgIpc) is 2.93. The summed E-state index contributed by atoms with van der Waals surface area (Å²) in [5.41, 5.74) is 3.01. The van der Waals surface area contributed by atoms with Gasteiger partial charge in [-0.05, 0) is 68.1 Å². The Morgan fingerprint density at radius 1 is 0.925 bits per heavy atom. The summed E-state index contributed by atoms with van der Waals surface area (Å²) in [4.78, 5) is 28.9. The minimum absolute atomic E-state index is 0.0161. The van der Waals surface area contributed by atoms with E-state index < -0.39 is 28.5 Å². The van der Waals surface area contributed by atoms with Crippen LogP contribution in [0.2, 0.25) is 5.02 Å². The lowest BCUT2D eigenvalue weighted by Gasteiger charge is -2.33. The van der Waals surface area contributed by atoms with Crippen LogP contribution in [0.15, 0.2) is 77.7 Å². The van der Waals surface area contributed by atoms with Crippen molar-refractivity contribution in [1.82, 2.24) is 10.2 Å². The zero-order valence-electron chi connectivity index (χ0n) is 23.6. The van der Waals surface area contributed by atoms with Crippen LogP contribution < -0.4 is 9.62 Å². The Kier molecular flexibility index (Phi) is 11.2. The van der Waals surface area contributed by atoms with E-state index in [0.717, 1.165) is 28.3 Å². The molecule has 0 aliphatic rings. The van der Waals surface area contributed by atoms with Crippen molar-refractivity contribution < 1.29 is 18.0 Å². The van der Waals surface area contributed by atoms with Gasteiger partial charge in [-0.1, -0.05) is 79.9 Å². The monoisotopic (exact) mass is 583 g/mol. The highest BCUT2D eigenvalue weighted by Crippen LogP contribution is 2.28. The summed E-state index contributed by atoms with van der Waals surface area (Å²) in [5, 5.41) is 3.35. The molecule has 2 amide bonds. The molecule has 0 saturated heterocycles. The van der Waals surface area contributed by atoms with Crippen LogP contribution >= 0.6 is 11.6 Å². The topological polar surface area (TPSA) is 86.8 Å². The maximum Gasteiger partial charge on any atom is 0.264 e. The van der Waals surface area contributed by atoms with Crippen molar-refractivity contribution >= 4 is 39.1 Å². The second-order valence-corrected chi connectivity index (χ2v) is 12.1. The van der Waals surface area contributed by atoms with Crippen LogP contribution in [0.25, 0.3) is 0 Å². The van der Waals surface area contributed by atoms with Crippen LogP contribution in [0.4, 0.5) is 5.69 Å². The summed E-state index contributed by atoms with van der Waals surface area (Å²) in [5.74, 6) is -0.724. The molecule has 0 radical (unpaired) electrons. The third kappa shape index (κ3) is 7.86. The van der Waals surface area contributed by atoms with Gasteiger partial charge in [0.1, 0.15) is 12.6 Å². The minimum Gasteiger partial charge on any atom is -0.354 e. The third-order valence-corrected chi connectivity index (χ3v) is 8.78. The molecule has 214 valence electrons. The summed E-state index contributed by atoms with van der Waals surface area (Å²) in [6, 6.07) is 19.8. The van der Waals surface area contributed by atoms with Gasteiger partial charge in [0.05, 0.1) is 10.6 Å². The molecule has 7 nitrogen and oxygen atoms in total. The summed E-state index contributed by atoms with van der Waals surface area (Å²) in [6.07, 6.45) is 2.13. The van der Waals surface area contributed by atoms with Crippen LogP contribution in [-0.4, -0.2) is 44.3 Å². The largest absolute Gasteiger partial charge is 0.354 e. The molecule has 0 heterocycles. The quantitative estimate of drug-likeness (QED) is 0.255. The molecule has 3 aromatic rings. The van der Waals surface area contributed by atoms with E-state index in [2.05, 4.69) is 5.32 Å². The van der Waals surface area contributed by atoms with Crippen molar-refractivity contribution in [1.29, 1.82) is 0 Å². The highest BCUT2D eigenvalue weighted by Gasteiger charge is 2.34. The first-order chi connectivity index (χ1) is 19.1. The van der Waals surface area contributed by atoms with Crippen molar-refractivity contribution in [2.75, 3.05) is 17.4 Å². The Hall–Kier alpha value is -3.36. The second kappa shape index (κ2) is 14.3. The number of carbonyl (C=O) groups is 2. The number of sulfonamides is 1. The second-order valence-electron chi connectivity index (χ2n) is 9.83. The predicted molar refractivity (Wildman–Crippen MR) is 161 cm³/mol. The number of aryl methyl sites for hydroxylation is 2. The summed E-state index contributed by atoms with van der Waals surface area (Å²) in [6.45, 7) is 7.87. The molecule has 0 saturated carbocycles. The van der Waals surface area contributed by atoms with Crippen molar-refractivity contribution in [2.24, 2.45) is 0 Å². The predicted octanol–water partition coefficient (Wildman–Crippen LogP) is 5.88. The van der Waals surface area contributed by atoms with E-state index in [0.29, 0.717) is 29.2 Å². The molecule has 0 spiro atoms. The normalized spacial score (nSPS) is 12.0. The van der Waals surface area contributed by atoms with Crippen LogP contribution in [0.1, 0.15) is 49.8 Å². The minimum atomic E-state index is -4.14. The number of unbranched alkanes of at least 4 members (excludes halogenated alkanes) is 1. The third-order valence-electron chi connectivity index (χ3n) is 6.75. The van der Waals surface area contributed by atoms with Crippen molar-refractivity contribution in [3.05, 3.63) is 94.5 Å². The van der Waals surface area contributed by atoms with E-state index in [4.69, 9.17) is 11.6 Å². The molecular weight excluding hydrogens is 546 g/mol. The number of anilines is 1. The van der Waals surface area contributed by atoms with E-state index in [-0.39, 0.29) is 17.3 Å². The van der Waals surface area contributed by atoms with Crippen LogP contribution in [0, 0.1) is 13.8 Å². The number of amides is 2. The number of benzene rings is 3. The number of hydrogen-bond donors (Lipinski definition) is 1. The molecule has 0 unspecified atom stereocenters. The SMILES string of the molecule is CCCCNC(=O)[C@H](CC)N(Cc1ccc(C)cc1)C(=O)CN(c1ccccc1C)S(=O)(=O)c1ccc(Cl)cc1. The Labute approximate surface area is 243 Å². The fraction of sp³-hybridized carbons (Fsp3) is 0.355. The highest BCUT2D eigenvalue weighted by molar-refractivity contribution is 7.92. The van der Waals surface area contributed by atoms with Gasteiger partial charge in [-0.25, -0.2) is 8.42 Å². The standard InChI is InChI=1S/C31H38ClN3O4S/c1-5-7-20-33-31(37)28(6-2)34(21-25-14-12-23(3)13-15-25)30(36)22-35(29-11-9-8-10-24(29)4)40(38,39)27-18-16-26(32)17-19-27/h8-19,28H,5-7,20-22H2,1-4H3,(H,33,37)/t28-/m0/s1. The molecule has 0 fully saturated rings. The molecule has 9 heteroatoms. The Morgan fingerprint density at radius 2 is 1.57 bits per heavy atom. The number of nitrogens with zero attached hydrogens (tertiary/aromatic N) is 2. The van der Waals surface area contributed by atoms with Gasteiger partial charge in [-0.2, -0.15) is 0 Å². The number of halogens is 1. The molecule has 3 aromatic carbocycles. The summed E-state index contributed by atoms with van der Waals surface area (Å²) >= 11 is 6.01. The Bertz CT molecular complexity index is 1390. The van der Waals surface area contributed by atoms with Crippen molar-refractivity contribution in [2.45, 2.75) is 64.4 Å². The zero-order chi connectivity index (χ0) is 29.3. The molecule has 1 atom stereocenters. The van der Waals surface area contributed by atoms with Gasteiger partial charge in [0.25, 0.3) is 10.0 Å². The maximum absolute atomic E-state index is 14.1. The average molecular weight is 584 g/mol. The van der Waals surface area contributed by atoms with E-state index in [1.54, 1.807) is 25.1 Å². The molecule has 0 aromatic heterocycles. The molecule has 3 rings (SSSR count). The fourth-order valence-corrected chi connectivity index (χ4v) is 6.01. The van der Waals surface area contributed by atoms with Gasteiger partial charge in [0.15, 0.2) is 0 Å². The van der Waals surface area contributed by atoms with Crippen molar-refractivity contribution in [3.8, 4) is 0 Å². The fourth-order valence-electron chi connectivity index (χ4n) is 4.41. The molecule has 40 heavy (non-hydrogen) atoms. The van der Waals surface area contributed by atoms with Gasteiger partial charge in [0, 0.05) is 18.1 Å². The lowest BCUT2D eigenvalue weighted by molar-refractivity contribution is -0.140. The number of hydrogen-bond acceptors (Lipinski definition) is 4. The molecular formula is C31H38ClN3O4S. The van der Waals surface area contributed by atoms with E-state index in [9.17, 15) is 18.0 Å². The summed E-state index contributed by atoms with van der Waals surface area (Å²) < 4.78 is 29.0. The number of rotatable bonds is 13. The molecule has 0 bridgehead atoms. The lowest BCUT2D eigenvalue weighted by Crippen LogP contribution is -2.52. The first-order valence-corrected chi connectivity index (χ1v) is 15.4. The molecule has 0 aliphatic heterocycles. The van der Waals surface area contributed by atoms with Crippen LogP contribution in [0.3, 0.4) is 0 Å². The van der Waals surface area contributed by atoms with Crippen LogP contribution in [-0.2, 0) is 26.2 Å². The van der Waals surface area contributed by atoms with Crippen LogP contribution in [0.5, 0.6) is 0 Å². The first-order valence-electron chi connectivity index (χ1n) is 13.5. The number of carbonyl (C=O) groups excluding carboxylic acids is 2. The Morgan fingerprint density at radius 3 is 2.17 bits per heavy atom.